The molecule has 0 bridgehead atoms. The number of nitriles is 1. The maximum Gasteiger partial charge on any atom is 0.258 e. The molecule has 0 aliphatic heterocycles. The number of thiophene rings is 1. The molecule has 2 heterocycles. The number of carbonyl (C=O) groups excluding carboxylic acids is 1. The summed E-state index contributed by atoms with van der Waals surface area (Å²) in [6.07, 6.45) is 0. The lowest BCUT2D eigenvalue weighted by Crippen LogP contribution is -2.11. The van der Waals surface area contributed by atoms with Gasteiger partial charge in [-0.2, -0.15) is 9.64 Å². The number of aromatic nitrogens is 2. The van der Waals surface area contributed by atoms with Crippen LogP contribution in [0.3, 0.4) is 0 Å². The predicted molar refractivity (Wildman–Crippen MR) is 96.6 cm³/mol. The second kappa shape index (κ2) is 7.09. The summed E-state index contributed by atoms with van der Waals surface area (Å²) in [5.41, 5.74) is 2.09. The SMILES string of the molecule is Cc1sc(-c2cccc(C#N)c2)cc1C(=O)Nc1nc(CCl)ns1. The van der Waals surface area contributed by atoms with Crippen molar-refractivity contribution < 1.29 is 4.79 Å². The number of anilines is 1. The van der Waals surface area contributed by atoms with Gasteiger partial charge in [0.25, 0.3) is 5.91 Å². The Kier molecular flexibility index (Phi) is 4.90. The van der Waals surface area contributed by atoms with Gasteiger partial charge in [0, 0.05) is 21.3 Å². The molecule has 0 atom stereocenters. The minimum absolute atomic E-state index is 0.212. The summed E-state index contributed by atoms with van der Waals surface area (Å²) in [7, 11) is 0. The van der Waals surface area contributed by atoms with Gasteiger partial charge in [0.2, 0.25) is 5.13 Å². The van der Waals surface area contributed by atoms with Gasteiger partial charge in [-0.05, 0) is 30.7 Å². The lowest BCUT2D eigenvalue weighted by molar-refractivity contribution is 0.102. The molecule has 0 fully saturated rings. The van der Waals surface area contributed by atoms with Crippen molar-refractivity contribution in [3.05, 3.63) is 52.2 Å². The number of nitrogens with one attached hydrogen (secondary N) is 1. The summed E-state index contributed by atoms with van der Waals surface area (Å²) in [6.45, 7) is 1.89. The van der Waals surface area contributed by atoms with Gasteiger partial charge in [-0.1, -0.05) is 12.1 Å². The molecule has 3 rings (SSSR count). The van der Waals surface area contributed by atoms with E-state index in [1.807, 2.05) is 31.2 Å². The van der Waals surface area contributed by atoms with Crippen LogP contribution < -0.4 is 5.32 Å². The molecular weight excluding hydrogens is 364 g/mol. The first-order chi connectivity index (χ1) is 11.6. The normalized spacial score (nSPS) is 10.4. The van der Waals surface area contributed by atoms with E-state index in [0.717, 1.165) is 26.9 Å². The lowest BCUT2D eigenvalue weighted by Gasteiger charge is -1.99. The zero-order valence-corrected chi connectivity index (χ0v) is 14.9. The van der Waals surface area contributed by atoms with Gasteiger partial charge in [0.15, 0.2) is 5.82 Å². The number of hydrogen-bond acceptors (Lipinski definition) is 6. The fraction of sp³-hybridized carbons (Fsp3) is 0.125. The number of benzene rings is 1. The first kappa shape index (κ1) is 16.6. The molecule has 24 heavy (non-hydrogen) atoms. The number of rotatable bonds is 4. The number of aryl methyl sites for hydroxylation is 1. The molecule has 1 amide bonds. The van der Waals surface area contributed by atoms with Crippen LogP contribution in [0.25, 0.3) is 10.4 Å². The van der Waals surface area contributed by atoms with Gasteiger partial charge in [-0.25, -0.2) is 4.98 Å². The Bertz CT molecular complexity index is 942. The molecule has 0 aliphatic rings. The fourth-order valence-corrected chi connectivity index (χ4v) is 3.90. The Hall–Kier alpha value is -2.27. The highest BCUT2D eigenvalue weighted by molar-refractivity contribution is 7.15. The summed E-state index contributed by atoms with van der Waals surface area (Å²) >= 11 is 8.27. The van der Waals surface area contributed by atoms with Gasteiger partial charge >= 0.3 is 0 Å². The third-order valence-corrected chi connectivity index (χ3v) is 5.25. The van der Waals surface area contributed by atoms with Crippen molar-refractivity contribution in [1.82, 2.24) is 9.36 Å². The topological polar surface area (TPSA) is 78.7 Å². The molecule has 0 unspecified atom stereocenters. The van der Waals surface area contributed by atoms with Crippen molar-refractivity contribution in [2.24, 2.45) is 0 Å². The summed E-state index contributed by atoms with van der Waals surface area (Å²) in [4.78, 5) is 18.4. The molecule has 120 valence electrons. The zero-order chi connectivity index (χ0) is 17.1. The molecule has 5 nitrogen and oxygen atoms in total. The van der Waals surface area contributed by atoms with E-state index in [9.17, 15) is 4.79 Å². The monoisotopic (exact) mass is 374 g/mol. The summed E-state index contributed by atoms with van der Waals surface area (Å²) in [5.74, 6) is 0.472. The van der Waals surface area contributed by atoms with Crippen molar-refractivity contribution in [2.45, 2.75) is 12.8 Å². The molecule has 1 aromatic carbocycles. The van der Waals surface area contributed by atoms with Gasteiger partial charge in [-0.3, -0.25) is 10.1 Å². The van der Waals surface area contributed by atoms with Gasteiger partial charge < -0.3 is 0 Å². The number of alkyl halides is 1. The predicted octanol–water partition coefficient (Wildman–Crippen LogP) is 4.44. The van der Waals surface area contributed by atoms with Crippen molar-refractivity contribution in [3.8, 4) is 16.5 Å². The van der Waals surface area contributed by atoms with E-state index in [2.05, 4.69) is 20.7 Å². The Balaban J connectivity index is 1.85. The lowest BCUT2D eigenvalue weighted by atomic mass is 10.1. The third kappa shape index (κ3) is 3.46. The molecule has 0 spiro atoms. The van der Waals surface area contributed by atoms with E-state index in [1.165, 1.54) is 11.3 Å². The highest BCUT2D eigenvalue weighted by Gasteiger charge is 2.16. The molecule has 0 radical (unpaired) electrons. The molecule has 1 N–H and O–H groups in total. The van der Waals surface area contributed by atoms with Crippen molar-refractivity contribution >= 4 is 45.5 Å². The van der Waals surface area contributed by atoms with Crippen molar-refractivity contribution in [1.29, 1.82) is 5.26 Å². The Morgan fingerprint density at radius 2 is 2.25 bits per heavy atom. The van der Waals surface area contributed by atoms with Gasteiger partial charge in [0.05, 0.1) is 23.1 Å². The number of amides is 1. The highest BCUT2D eigenvalue weighted by atomic mass is 35.5. The summed E-state index contributed by atoms with van der Waals surface area (Å²) < 4.78 is 4.03. The first-order valence-electron chi connectivity index (χ1n) is 6.91. The molecule has 0 aliphatic carbocycles. The summed E-state index contributed by atoms with van der Waals surface area (Å²) in [6, 6.07) is 11.3. The van der Waals surface area contributed by atoms with Crippen LogP contribution in [0.5, 0.6) is 0 Å². The van der Waals surface area contributed by atoms with Crippen molar-refractivity contribution in [3.63, 3.8) is 0 Å². The molecule has 3 aromatic rings. The zero-order valence-electron chi connectivity index (χ0n) is 12.5. The molecule has 0 saturated carbocycles. The van der Waals surface area contributed by atoms with Crippen LogP contribution in [0.2, 0.25) is 0 Å². The van der Waals surface area contributed by atoms with E-state index in [-0.39, 0.29) is 11.8 Å². The van der Waals surface area contributed by atoms with Crippen LogP contribution in [0, 0.1) is 18.3 Å². The van der Waals surface area contributed by atoms with Crippen LogP contribution in [0.4, 0.5) is 5.13 Å². The van der Waals surface area contributed by atoms with E-state index < -0.39 is 0 Å². The second-order valence-electron chi connectivity index (χ2n) is 4.88. The molecule has 0 saturated heterocycles. The van der Waals surface area contributed by atoms with Crippen LogP contribution >= 0.6 is 34.5 Å². The van der Waals surface area contributed by atoms with E-state index in [0.29, 0.717) is 22.1 Å². The second-order valence-corrected chi connectivity index (χ2v) is 7.15. The maximum absolute atomic E-state index is 12.4. The Labute approximate surface area is 151 Å². The number of halogens is 1. The number of hydrogen-bond donors (Lipinski definition) is 1. The van der Waals surface area contributed by atoms with E-state index in [1.54, 1.807) is 6.07 Å². The van der Waals surface area contributed by atoms with Crippen LogP contribution in [-0.2, 0) is 5.88 Å². The van der Waals surface area contributed by atoms with Gasteiger partial charge in [0.1, 0.15) is 0 Å². The largest absolute Gasteiger partial charge is 0.297 e. The first-order valence-corrected chi connectivity index (χ1v) is 9.04. The fourth-order valence-electron chi connectivity index (χ4n) is 2.12. The van der Waals surface area contributed by atoms with E-state index in [4.69, 9.17) is 16.9 Å². The Morgan fingerprint density at radius 3 is 2.96 bits per heavy atom. The quantitative estimate of drug-likeness (QED) is 0.685. The standard InChI is InChI=1S/C16H11ClN4OS2/c1-9-12(15(22)20-16-19-14(7-17)21-24-16)6-13(23-9)11-4-2-3-10(5-11)8-18/h2-6H,7H2,1H3,(H,19,20,21,22). The van der Waals surface area contributed by atoms with Crippen LogP contribution in [0.15, 0.2) is 30.3 Å². The minimum Gasteiger partial charge on any atom is -0.297 e. The average molecular weight is 375 g/mol. The molecule has 8 heteroatoms. The molecular formula is C16H11ClN4OS2. The highest BCUT2D eigenvalue weighted by Crippen LogP contribution is 2.32. The minimum atomic E-state index is -0.233. The van der Waals surface area contributed by atoms with Crippen molar-refractivity contribution in [2.75, 3.05) is 5.32 Å². The molecule has 2 aromatic heterocycles. The number of nitrogens with zero attached hydrogens (tertiary/aromatic N) is 3. The van der Waals surface area contributed by atoms with E-state index >= 15 is 0 Å². The Morgan fingerprint density at radius 1 is 1.42 bits per heavy atom. The third-order valence-electron chi connectivity index (χ3n) is 3.25. The van der Waals surface area contributed by atoms with Crippen LogP contribution in [-0.4, -0.2) is 15.3 Å². The number of carbonyl (C=O) groups is 1. The maximum atomic E-state index is 12.4. The summed E-state index contributed by atoms with van der Waals surface area (Å²) in [5, 5.41) is 12.2. The van der Waals surface area contributed by atoms with Gasteiger partial charge in [-0.15, -0.1) is 22.9 Å². The average Bonchev–Trinajstić information content (AvgIpc) is 3.21. The smallest absolute Gasteiger partial charge is 0.258 e. The van der Waals surface area contributed by atoms with Crippen LogP contribution in [0.1, 0.15) is 26.6 Å².